The molecule has 0 saturated carbocycles. The van der Waals surface area contributed by atoms with E-state index in [1.165, 1.54) is 10.3 Å². The molecule has 118 valence electrons. The van der Waals surface area contributed by atoms with Crippen LogP contribution >= 0.6 is 11.3 Å². The van der Waals surface area contributed by atoms with Gasteiger partial charge in [0.1, 0.15) is 12.1 Å². The summed E-state index contributed by atoms with van der Waals surface area (Å²) in [5.41, 5.74) is 3.48. The molecular weight excluding hydrogens is 306 g/mol. The summed E-state index contributed by atoms with van der Waals surface area (Å²) in [5, 5.41) is 5.76. The van der Waals surface area contributed by atoms with E-state index in [-0.39, 0.29) is 0 Å². The zero-order valence-electron chi connectivity index (χ0n) is 13.1. The van der Waals surface area contributed by atoms with Crippen LogP contribution in [0.25, 0.3) is 10.2 Å². The monoisotopic (exact) mass is 325 g/mol. The van der Waals surface area contributed by atoms with Gasteiger partial charge in [-0.3, -0.25) is 4.98 Å². The number of aromatic nitrogens is 3. The van der Waals surface area contributed by atoms with Crippen LogP contribution in [-0.2, 0) is 0 Å². The molecule has 0 aromatic carbocycles. The standard InChI is InChI=1S/C17H19N5S/c1-12-10-23-16-15(12)19-11-20-17(16)22-8-4-14(5-9-22)21-13-2-6-18-7-3-13/h2-3,6-7,10-11,14H,4-5,8-9H2,1H3,(H,18,21). The van der Waals surface area contributed by atoms with Crippen LogP contribution in [0.5, 0.6) is 0 Å². The van der Waals surface area contributed by atoms with Crippen molar-refractivity contribution in [3.8, 4) is 0 Å². The molecule has 23 heavy (non-hydrogen) atoms. The minimum atomic E-state index is 0.510. The van der Waals surface area contributed by atoms with Crippen molar-refractivity contribution >= 4 is 33.1 Å². The number of hydrogen-bond acceptors (Lipinski definition) is 6. The third-order valence-electron chi connectivity index (χ3n) is 4.36. The molecule has 0 unspecified atom stereocenters. The molecule has 0 bridgehead atoms. The van der Waals surface area contributed by atoms with Crippen molar-refractivity contribution in [1.29, 1.82) is 0 Å². The van der Waals surface area contributed by atoms with Gasteiger partial charge in [-0.1, -0.05) is 0 Å². The normalized spacial score (nSPS) is 16.0. The summed E-state index contributed by atoms with van der Waals surface area (Å²) in [4.78, 5) is 15.4. The van der Waals surface area contributed by atoms with Gasteiger partial charge in [-0.05, 0) is 42.8 Å². The smallest absolute Gasteiger partial charge is 0.150 e. The summed E-state index contributed by atoms with van der Waals surface area (Å²) >= 11 is 1.75. The van der Waals surface area contributed by atoms with Gasteiger partial charge in [0.05, 0.1) is 10.2 Å². The van der Waals surface area contributed by atoms with Gasteiger partial charge in [0.15, 0.2) is 0 Å². The Morgan fingerprint density at radius 2 is 1.96 bits per heavy atom. The highest BCUT2D eigenvalue weighted by atomic mass is 32.1. The number of rotatable bonds is 3. The number of nitrogens with zero attached hydrogens (tertiary/aromatic N) is 4. The third-order valence-corrected chi connectivity index (χ3v) is 5.44. The molecule has 0 radical (unpaired) electrons. The minimum Gasteiger partial charge on any atom is -0.382 e. The molecule has 4 rings (SSSR count). The van der Waals surface area contributed by atoms with E-state index in [1.807, 2.05) is 24.5 Å². The molecule has 1 N–H and O–H groups in total. The summed E-state index contributed by atoms with van der Waals surface area (Å²) in [5.74, 6) is 1.09. The van der Waals surface area contributed by atoms with Crippen LogP contribution in [0.3, 0.4) is 0 Å². The molecule has 5 nitrogen and oxygen atoms in total. The minimum absolute atomic E-state index is 0.510. The molecule has 0 atom stereocenters. The molecule has 3 aromatic heterocycles. The maximum atomic E-state index is 4.55. The van der Waals surface area contributed by atoms with Gasteiger partial charge >= 0.3 is 0 Å². The third kappa shape index (κ3) is 2.86. The highest BCUT2D eigenvalue weighted by Gasteiger charge is 2.22. The fourth-order valence-electron chi connectivity index (χ4n) is 3.10. The second-order valence-corrected chi connectivity index (χ2v) is 6.81. The average molecular weight is 325 g/mol. The zero-order valence-corrected chi connectivity index (χ0v) is 13.9. The first kappa shape index (κ1) is 14.4. The van der Waals surface area contributed by atoms with Gasteiger partial charge in [-0.25, -0.2) is 9.97 Å². The Kier molecular flexibility index (Phi) is 3.83. The van der Waals surface area contributed by atoms with Crippen molar-refractivity contribution in [2.45, 2.75) is 25.8 Å². The van der Waals surface area contributed by atoms with Crippen LogP contribution in [0.15, 0.2) is 36.2 Å². The molecule has 0 spiro atoms. The van der Waals surface area contributed by atoms with E-state index in [4.69, 9.17) is 0 Å². The highest BCUT2D eigenvalue weighted by molar-refractivity contribution is 7.18. The number of anilines is 2. The summed E-state index contributed by atoms with van der Waals surface area (Å²) in [6, 6.07) is 4.56. The van der Waals surface area contributed by atoms with Crippen molar-refractivity contribution < 1.29 is 0 Å². The molecular formula is C17H19N5S. The van der Waals surface area contributed by atoms with E-state index in [1.54, 1.807) is 17.7 Å². The quantitative estimate of drug-likeness (QED) is 0.799. The fourth-order valence-corrected chi connectivity index (χ4v) is 4.12. The molecule has 1 saturated heterocycles. The second-order valence-electron chi connectivity index (χ2n) is 5.94. The average Bonchev–Trinajstić information content (AvgIpc) is 2.98. The van der Waals surface area contributed by atoms with Gasteiger partial charge in [-0.15, -0.1) is 11.3 Å². The van der Waals surface area contributed by atoms with Crippen LogP contribution in [0.1, 0.15) is 18.4 Å². The maximum absolute atomic E-state index is 4.55. The van der Waals surface area contributed by atoms with Gasteiger partial charge < -0.3 is 10.2 Å². The van der Waals surface area contributed by atoms with Crippen LogP contribution in [0.4, 0.5) is 11.5 Å². The number of nitrogens with one attached hydrogen (secondary N) is 1. The van der Waals surface area contributed by atoms with Crippen molar-refractivity contribution in [2.75, 3.05) is 23.3 Å². The molecule has 1 aliphatic rings. The Balaban J connectivity index is 1.47. The molecule has 1 aliphatic heterocycles. The first-order chi connectivity index (χ1) is 11.3. The first-order valence-corrected chi connectivity index (χ1v) is 8.79. The lowest BCUT2D eigenvalue weighted by Crippen LogP contribution is -2.39. The number of aryl methyl sites for hydroxylation is 1. The Morgan fingerprint density at radius 1 is 1.17 bits per heavy atom. The van der Waals surface area contributed by atoms with E-state index >= 15 is 0 Å². The Bertz CT molecular complexity index is 793. The molecule has 0 amide bonds. The van der Waals surface area contributed by atoms with E-state index in [0.29, 0.717) is 6.04 Å². The van der Waals surface area contributed by atoms with Gasteiger partial charge in [0.25, 0.3) is 0 Å². The van der Waals surface area contributed by atoms with Gasteiger partial charge in [-0.2, -0.15) is 0 Å². The number of thiophene rings is 1. The number of hydrogen-bond donors (Lipinski definition) is 1. The summed E-state index contributed by atoms with van der Waals surface area (Å²) in [6.45, 7) is 4.15. The topological polar surface area (TPSA) is 53.9 Å². The Hall–Kier alpha value is -2.21. The van der Waals surface area contributed by atoms with Crippen molar-refractivity contribution in [3.05, 3.63) is 41.8 Å². The van der Waals surface area contributed by atoms with Crippen molar-refractivity contribution in [2.24, 2.45) is 0 Å². The van der Waals surface area contributed by atoms with Crippen LogP contribution in [0, 0.1) is 6.92 Å². The summed E-state index contributed by atoms with van der Waals surface area (Å²) in [6.07, 6.45) is 7.57. The zero-order chi connectivity index (χ0) is 15.6. The summed E-state index contributed by atoms with van der Waals surface area (Å²) < 4.78 is 1.21. The highest BCUT2D eigenvalue weighted by Crippen LogP contribution is 2.32. The predicted molar refractivity (Wildman–Crippen MR) is 95.2 cm³/mol. The Morgan fingerprint density at radius 3 is 2.74 bits per heavy atom. The summed E-state index contributed by atoms with van der Waals surface area (Å²) in [7, 11) is 0. The largest absolute Gasteiger partial charge is 0.382 e. The van der Waals surface area contributed by atoms with E-state index in [2.05, 4.69) is 37.5 Å². The van der Waals surface area contributed by atoms with E-state index in [0.717, 1.165) is 43.0 Å². The number of pyridine rings is 1. The van der Waals surface area contributed by atoms with Crippen LogP contribution < -0.4 is 10.2 Å². The van der Waals surface area contributed by atoms with Crippen LogP contribution in [0.2, 0.25) is 0 Å². The molecule has 1 fully saturated rings. The lowest BCUT2D eigenvalue weighted by atomic mass is 10.0. The lowest BCUT2D eigenvalue weighted by molar-refractivity contribution is 0.524. The first-order valence-electron chi connectivity index (χ1n) is 7.91. The van der Waals surface area contributed by atoms with Crippen LogP contribution in [-0.4, -0.2) is 34.1 Å². The lowest BCUT2D eigenvalue weighted by Gasteiger charge is -2.33. The number of piperidine rings is 1. The maximum Gasteiger partial charge on any atom is 0.150 e. The SMILES string of the molecule is Cc1csc2c(N3CCC(Nc4ccncc4)CC3)ncnc12. The molecule has 0 aliphatic carbocycles. The number of fused-ring (bicyclic) bond motifs is 1. The van der Waals surface area contributed by atoms with Gasteiger partial charge in [0, 0.05) is 37.2 Å². The fraction of sp³-hybridized carbons (Fsp3) is 0.353. The second kappa shape index (κ2) is 6.12. The molecule has 4 heterocycles. The van der Waals surface area contributed by atoms with E-state index in [9.17, 15) is 0 Å². The van der Waals surface area contributed by atoms with Crippen molar-refractivity contribution in [1.82, 2.24) is 15.0 Å². The van der Waals surface area contributed by atoms with Crippen molar-refractivity contribution in [3.63, 3.8) is 0 Å². The predicted octanol–water partition coefficient (Wildman–Crippen LogP) is 3.48. The molecule has 3 aromatic rings. The molecule has 6 heteroatoms. The Labute approximate surface area is 139 Å². The van der Waals surface area contributed by atoms with Gasteiger partial charge in [0.2, 0.25) is 0 Å². The van der Waals surface area contributed by atoms with E-state index < -0.39 is 0 Å².